The zero-order valence-electron chi connectivity index (χ0n) is 8.84. The van der Waals surface area contributed by atoms with Gasteiger partial charge in [0.25, 0.3) is 12.0 Å². The van der Waals surface area contributed by atoms with E-state index in [4.69, 9.17) is 0 Å². The minimum absolute atomic E-state index is 0.0206. The molecule has 0 aliphatic rings. The van der Waals surface area contributed by atoms with Crippen molar-refractivity contribution < 1.29 is 18.3 Å². The van der Waals surface area contributed by atoms with Crippen LogP contribution in [0, 0.1) is 6.92 Å². The Labute approximate surface area is 90.2 Å². The first kappa shape index (κ1) is 12.4. The van der Waals surface area contributed by atoms with Crippen LogP contribution in [-0.4, -0.2) is 18.1 Å². The molecule has 4 nitrogen and oxygen atoms in total. The number of halogens is 2. The molecule has 0 saturated carbocycles. The quantitative estimate of drug-likeness (QED) is 0.798. The Hall–Kier alpha value is -1.72. The molecule has 16 heavy (non-hydrogen) atoms. The lowest BCUT2D eigenvalue weighted by molar-refractivity contribution is -0.139. The molecule has 1 N–H and O–H groups in total. The maximum absolute atomic E-state index is 12.5. The summed E-state index contributed by atoms with van der Waals surface area (Å²) in [6.45, 7) is 1.38. The van der Waals surface area contributed by atoms with E-state index in [-0.39, 0.29) is 23.2 Å². The molecule has 88 valence electrons. The van der Waals surface area contributed by atoms with E-state index < -0.39 is 18.0 Å². The van der Waals surface area contributed by atoms with Gasteiger partial charge in [0.05, 0.1) is 13.5 Å². The maximum atomic E-state index is 12.5. The van der Waals surface area contributed by atoms with Gasteiger partial charge in [-0.2, -0.15) is 0 Å². The average molecular weight is 231 g/mol. The summed E-state index contributed by atoms with van der Waals surface area (Å²) in [5.74, 6) is -0.644. The summed E-state index contributed by atoms with van der Waals surface area (Å²) in [6, 6.07) is 1.04. The van der Waals surface area contributed by atoms with Crippen molar-refractivity contribution in [3.05, 3.63) is 33.2 Å². The van der Waals surface area contributed by atoms with Gasteiger partial charge in [-0.15, -0.1) is 0 Å². The van der Waals surface area contributed by atoms with Gasteiger partial charge in [-0.25, -0.2) is 8.78 Å². The maximum Gasteiger partial charge on any atom is 0.310 e. The van der Waals surface area contributed by atoms with Crippen molar-refractivity contribution in [3.63, 3.8) is 0 Å². The van der Waals surface area contributed by atoms with Gasteiger partial charge in [0.1, 0.15) is 0 Å². The lowest BCUT2D eigenvalue weighted by Crippen LogP contribution is -2.19. The van der Waals surface area contributed by atoms with Gasteiger partial charge in [0.15, 0.2) is 0 Å². The Morgan fingerprint density at radius 1 is 1.56 bits per heavy atom. The fourth-order valence-corrected chi connectivity index (χ4v) is 1.27. The average Bonchev–Trinajstić information content (AvgIpc) is 2.21. The smallest absolute Gasteiger partial charge is 0.310 e. The van der Waals surface area contributed by atoms with E-state index in [9.17, 15) is 18.4 Å². The number of pyridine rings is 1. The summed E-state index contributed by atoms with van der Waals surface area (Å²) >= 11 is 0. The molecule has 1 rings (SSSR count). The molecule has 0 atom stereocenters. The van der Waals surface area contributed by atoms with Crippen LogP contribution in [-0.2, 0) is 16.0 Å². The summed E-state index contributed by atoms with van der Waals surface area (Å²) in [5.41, 5.74) is -0.743. The second kappa shape index (κ2) is 4.87. The van der Waals surface area contributed by atoms with Crippen molar-refractivity contribution in [2.45, 2.75) is 19.8 Å². The molecule has 0 unspecified atom stereocenters. The molecular formula is C10H11F2NO3. The number of aromatic amines is 1. The van der Waals surface area contributed by atoms with E-state index in [2.05, 4.69) is 9.72 Å². The fraction of sp³-hybridized carbons (Fsp3) is 0.400. The van der Waals surface area contributed by atoms with Crippen LogP contribution in [0.15, 0.2) is 10.9 Å². The number of methoxy groups -OCH3 is 1. The van der Waals surface area contributed by atoms with Gasteiger partial charge in [0, 0.05) is 16.8 Å². The first-order valence-electron chi connectivity index (χ1n) is 4.53. The number of carbonyl (C=O) groups is 1. The van der Waals surface area contributed by atoms with Crippen molar-refractivity contribution in [2.24, 2.45) is 0 Å². The monoisotopic (exact) mass is 231 g/mol. The minimum atomic E-state index is -2.69. The molecule has 1 aromatic heterocycles. The van der Waals surface area contributed by atoms with Crippen LogP contribution in [0.25, 0.3) is 0 Å². The Morgan fingerprint density at radius 3 is 2.69 bits per heavy atom. The Bertz CT molecular complexity index is 454. The minimum Gasteiger partial charge on any atom is -0.469 e. The third kappa shape index (κ3) is 2.65. The Balaban J connectivity index is 3.15. The normalized spacial score (nSPS) is 10.6. The third-order valence-electron chi connectivity index (χ3n) is 2.15. The molecule has 0 fully saturated rings. The molecule has 1 aromatic rings. The molecule has 0 spiro atoms. The number of H-pyrrole nitrogens is 1. The highest BCUT2D eigenvalue weighted by Crippen LogP contribution is 2.20. The van der Waals surface area contributed by atoms with Gasteiger partial charge >= 0.3 is 5.97 Å². The van der Waals surface area contributed by atoms with Crippen molar-refractivity contribution in [3.8, 4) is 0 Å². The predicted molar refractivity (Wildman–Crippen MR) is 52.5 cm³/mol. The predicted octanol–water partition coefficient (Wildman–Crippen LogP) is 1.34. The van der Waals surface area contributed by atoms with Crippen molar-refractivity contribution in [1.29, 1.82) is 0 Å². The first-order valence-corrected chi connectivity index (χ1v) is 4.53. The molecule has 0 saturated heterocycles. The van der Waals surface area contributed by atoms with E-state index in [1.165, 1.54) is 14.0 Å². The number of nitrogens with one attached hydrogen (secondary N) is 1. The zero-order chi connectivity index (χ0) is 12.3. The largest absolute Gasteiger partial charge is 0.469 e. The standard InChI is InChI=1S/C10H11F2NO3/c1-5-7(9(11)12)3-6(10(15)13-5)4-8(14)16-2/h3,9H,4H2,1-2H3,(H,13,15). The van der Waals surface area contributed by atoms with E-state index in [1.807, 2.05) is 0 Å². The number of hydrogen-bond donors (Lipinski definition) is 1. The van der Waals surface area contributed by atoms with Gasteiger partial charge in [-0.3, -0.25) is 9.59 Å². The lowest BCUT2D eigenvalue weighted by Gasteiger charge is -2.06. The van der Waals surface area contributed by atoms with E-state index in [1.54, 1.807) is 0 Å². The number of carbonyl (C=O) groups excluding carboxylic acids is 1. The molecule has 1 heterocycles. The summed E-state index contributed by atoms with van der Waals surface area (Å²) in [4.78, 5) is 24.6. The van der Waals surface area contributed by atoms with Crippen LogP contribution >= 0.6 is 0 Å². The van der Waals surface area contributed by atoms with Gasteiger partial charge in [-0.1, -0.05) is 0 Å². The van der Waals surface area contributed by atoms with E-state index in [0.29, 0.717) is 0 Å². The number of alkyl halides is 2. The zero-order valence-corrected chi connectivity index (χ0v) is 8.84. The van der Waals surface area contributed by atoms with Gasteiger partial charge in [0.2, 0.25) is 0 Å². The van der Waals surface area contributed by atoms with E-state index in [0.717, 1.165) is 6.07 Å². The highest BCUT2D eigenvalue weighted by Gasteiger charge is 2.15. The Morgan fingerprint density at radius 2 is 2.19 bits per heavy atom. The van der Waals surface area contributed by atoms with Gasteiger partial charge in [-0.05, 0) is 13.0 Å². The number of aromatic nitrogens is 1. The number of hydrogen-bond acceptors (Lipinski definition) is 3. The second-order valence-electron chi connectivity index (χ2n) is 3.26. The molecule has 0 amide bonds. The molecule has 0 aromatic carbocycles. The summed E-state index contributed by atoms with van der Waals surface area (Å²) < 4.78 is 29.4. The molecule has 6 heteroatoms. The first-order chi connectivity index (χ1) is 7.45. The molecule has 0 radical (unpaired) electrons. The molecule has 0 aliphatic carbocycles. The SMILES string of the molecule is COC(=O)Cc1cc(C(F)F)c(C)[nH]c1=O. The molecule has 0 bridgehead atoms. The number of aryl methyl sites for hydroxylation is 1. The van der Waals surface area contributed by atoms with Crippen molar-refractivity contribution in [2.75, 3.05) is 7.11 Å². The molecule has 0 aliphatic heterocycles. The van der Waals surface area contributed by atoms with Crippen molar-refractivity contribution in [1.82, 2.24) is 4.98 Å². The number of ether oxygens (including phenoxy) is 1. The summed E-state index contributed by atoms with van der Waals surface area (Å²) in [6.07, 6.45) is -3.00. The van der Waals surface area contributed by atoms with Crippen LogP contribution in [0.4, 0.5) is 8.78 Å². The topological polar surface area (TPSA) is 59.2 Å². The Kier molecular flexibility index (Phi) is 3.76. The van der Waals surface area contributed by atoms with Gasteiger partial charge < -0.3 is 9.72 Å². The highest BCUT2D eigenvalue weighted by molar-refractivity contribution is 5.72. The summed E-state index contributed by atoms with van der Waals surface area (Å²) in [5, 5.41) is 0. The number of esters is 1. The highest BCUT2D eigenvalue weighted by atomic mass is 19.3. The van der Waals surface area contributed by atoms with Crippen LogP contribution in [0.3, 0.4) is 0 Å². The fourth-order valence-electron chi connectivity index (χ4n) is 1.27. The molecular weight excluding hydrogens is 220 g/mol. The van der Waals surface area contributed by atoms with E-state index >= 15 is 0 Å². The number of rotatable bonds is 3. The van der Waals surface area contributed by atoms with Crippen LogP contribution in [0.5, 0.6) is 0 Å². The lowest BCUT2D eigenvalue weighted by atomic mass is 10.1. The van der Waals surface area contributed by atoms with Crippen LogP contribution < -0.4 is 5.56 Å². The second-order valence-corrected chi connectivity index (χ2v) is 3.26. The van der Waals surface area contributed by atoms with Crippen LogP contribution in [0.2, 0.25) is 0 Å². The summed E-state index contributed by atoms with van der Waals surface area (Å²) in [7, 11) is 1.17. The third-order valence-corrected chi connectivity index (χ3v) is 2.15. The van der Waals surface area contributed by atoms with Crippen LogP contribution in [0.1, 0.15) is 23.2 Å². The van der Waals surface area contributed by atoms with Crippen molar-refractivity contribution >= 4 is 5.97 Å².